The molecule has 2 aliphatic heterocycles. The number of carboxylic acids is 2. The number of ether oxygens (including phenoxy) is 1. The summed E-state index contributed by atoms with van der Waals surface area (Å²) in [7, 11) is 1.44. The summed E-state index contributed by atoms with van der Waals surface area (Å²) in [5, 5.41) is 21.4. The van der Waals surface area contributed by atoms with Crippen LogP contribution in [-0.2, 0) is 21.5 Å². The fraction of sp³-hybridized carbons (Fsp3) is 0.160. The molecule has 0 saturated heterocycles. The van der Waals surface area contributed by atoms with Crippen LogP contribution in [0.5, 0.6) is 5.75 Å². The van der Waals surface area contributed by atoms with Crippen LogP contribution >= 0.6 is 0 Å². The first kappa shape index (κ1) is 20.6. The van der Waals surface area contributed by atoms with Crippen LogP contribution in [0.15, 0.2) is 72.0 Å². The lowest BCUT2D eigenvalue weighted by molar-refractivity contribution is -0.152. The largest absolute Gasteiger partial charge is 0.496 e. The number of ketones is 1. The Morgan fingerprint density at radius 3 is 2.52 bits per heavy atom. The number of carboxylic acid groups (broad SMARTS) is 2. The first-order valence-electron chi connectivity index (χ1n) is 10.3. The number of carbonyl (C=O) groups is 3. The molecule has 8 nitrogen and oxygen atoms in total. The molecule has 1 aromatic heterocycles. The number of rotatable bonds is 5. The van der Waals surface area contributed by atoms with Crippen molar-refractivity contribution in [3.05, 3.63) is 88.8 Å². The van der Waals surface area contributed by atoms with Crippen molar-refractivity contribution < 1.29 is 29.3 Å². The zero-order valence-electron chi connectivity index (χ0n) is 17.7. The van der Waals surface area contributed by atoms with E-state index in [0.29, 0.717) is 17.9 Å². The second kappa shape index (κ2) is 7.37. The van der Waals surface area contributed by atoms with Gasteiger partial charge in [0.25, 0.3) is 0 Å². The van der Waals surface area contributed by atoms with E-state index >= 15 is 0 Å². The highest BCUT2D eigenvalue weighted by Crippen LogP contribution is 2.47. The maximum absolute atomic E-state index is 13.3. The average molecular weight is 444 g/mol. The molecule has 0 saturated carbocycles. The number of aromatic nitrogens is 1. The lowest BCUT2D eigenvalue weighted by Crippen LogP contribution is -2.57. The van der Waals surface area contributed by atoms with E-state index < -0.39 is 28.8 Å². The molecule has 0 radical (unpaired) electrons. The summed E-state index contributed by atoms with van der Waals surface area (Å²) in [5.41, 5.74) is -0.242. The molecule has 166 valence electrons. The minimum Gasteiger partial charge on any atom is -0.496 e. The highest BCUT2D eigenvalue weighted by atomic mass is 16.5. The lowest BCUT2D eigenvalue weighted by Gasteiger charge is -2.45. The molecule has 3 N–H and O–H groups in total. The van der Waals surface area contributed by atoms with Gasteiger partial charge in [-0.1, -0.05) is 30.3 Å². The third-order valence-corrected chi connectivity index (χ3v) is 6.35. The number of nitrogens with one attached hydrogen (secondary N) is 1. The predicted molar refractivity (Wildman–Crippen MR) is 119 cm³/mol. The molecule has 3 heterocycles. The number of para-hydroxylation sites is 2. The Morgan fingerprint density at radius 2 is 1.79 bits per heavy atom. The van der Waals surface area contributed by atoms with Crippen molar-refractivity contribution in [2.45, 2.75) is 12.0 Å². The van der Waals surface area contributed by atoms with Gasteiger partial charge in [-0.05, 0) is 36.3 Å². The van der Waals surface area contributed by atoms with E-state index in [4.69, 9.17) is 4.74 Å². The Balaban J connectivity index is 1.73. The zero-order chi connectivity index (χ0) is 23.3. The fourth-order valence-electron chi connectivity index (χ4n) is 4.90. The van der Waals surface area contributed by atoms with Gasteiger partial charge in [0.15, 0.2) is 5.78 Å². The van der Waals surface area contributed by atoms with Crippen LogP contribution in [0.4, 0.5) is 0 Å². The van der Waals surface area contributed by atoms with Gasteiger partial charge in [0.1, 0.15) is 5.75 Å². The Morgan fingerprint density at radius 1 is 1.06 bits per heavy atom. The maximum atomic E-state index is 13.3. The molecule has 0 aliphatic carbocycles. The minimum absolute atomic E-state index is 0.0772. The van der Waals surface area contributed by atoms with Gasteiger partial charge in [-0.15, -0.1) is 0 Å². The summed E-state index contributed by atoms with van der Waals surface area (Å²) in [5.74, 6) is -2.84. The third-order valence-electron chi connectivity index (χ3n) is 6.35. The molecule has 1 atom stereocenters. The van der Waals surface area contributed by atoms with Gasteiger partial charge in [-0.2, -0.15) is 0 Å². The van der Waals surface area contributed by atoms with Crippen LogP contribution < -0.4 is 4.74 Å². The molecule has 0 spiro atoms. The number of nitrogens with zero attached hydrogens (tertiary/aromatic N) is 1. The highest BCUT2D eigenvalue weighted by molar-refractivity contribution is 6.14. The van der Waals surface area contributed by atoms with Crippen LogP contribution in [0.3, 0.4) is 0 Å². The second-order valence-electron chi connectivity index (χ2n) is 7.96. The number of Topliss-reactive ketones (excluding diaryl/α,β-unsaturated/α-hetero) is 1. The van der Waals surface area contributed by atoms with E-state index in [1.54, 1.807) is 24.3 Å². The van der Waals surface area contributed by atoms with Gasteiger partial charge >= 0.3 is 11.9 Å². The number of hydrogen-bond acceptors (Lipinski definition) is 5. The third kappa shape index (κ3) is 2.80. The molecule has 1 unspecified atom stereocenters. The quantitative estimate of drug-likeness (QED) is 0.517. The molecule has 2 aliphatic rings. The predicted octanol–water partition coefficient (Wildman–Crippen LogP) is 3.11. The van der Waals surface area contributed by atoms with Crippen LogP contribution in [0, 0.1) is 0 Å². The summed E-state index contributed by atoms with van der Waals surface area (Å²) in [6, 6.07) is 14.0. The SMILES string of the molecule is COc1ccccc1C(=O)C1=CN2CCc3c([nH]c4ccccc34)C2(C(=O)O)C(C(=O)O)=C1. The number of methoxy groups -OCH3 is 1. The van der Waals surface area contributed by atoms with Crippen molar-refractivity contribution in [2.75, 3.05) is 13.7 Å². The van der Waals surface area contributed by atoms with Crippen molar-refractivity contribution >= 4 is 28.6 Å². The summed E-state index contributed by atoms with van der Waals surface area (Å²) >= 11 is 0. The highest BCUT2D eigenvalue weighted by Gasteiger charge is 2.57. The van der Waals surface area contributed by atoms with Crippen LogP contribution in [0.25, 0.3) is 10.9 Å². The molecule has 8 heteroatoms. The molecule has 2 aromatic carbocycles. The first-order valence-corrected chi connectivity index (χ1v) is 10.3. The molecular formula is C25H20N2O6. The Labute approximate surface area is 188 Å². The number of aromatic amines is 1. The summed E-state index contributed by atoms with van der Waals surface area (Å²) in [6.07, 6.45) is 3.11. The van der Waals surface area contributed by atoms with Gasteiger partial charge in [0.05, 0.1) is 23.9 Å². The molecular weight excluding hydrogens is 424 g/mol. The minimum atomic E-state index is -1.98. The smallest absolute Gasteiger partial charge is 0.340 e. The van der Waals surface area contributed by atoms with Gasteiger partial charge in [0.2, 0.25) is 5.54 Å². The molecule has 5 rings (SSSR count). The number of hydrogen-bond donors (Lipinski definition) is 3. The van der Waals surface area contributed by atoms with Gasteiger partial charge in [0, 0.05) is 29.2 Å². The van der Waals surface area contributed by atoms with E-state index in [-0.39, 0.29) is 17.7 Å². The van der Waals surface area contributed by atoms with E-state index in [1.807, 2.05) is 24.3 Å². The van der Waals surface area contributed by atoms with Crippen molar-refractivity contribution in [3.8, 4) is 5.75 Å². The van der Waals surface area contributed by atoms with E-state index in [9.17, 15) is 24.6 Å². The summed E-state index contributed by atoms with van der Waals surface area (Å²) < 4.78 is 5.28. The molecule has 0 amide bonds. The van der Waals surface area contributed by atoms with Crippen molar-refractivity contribution in [1.82, 2.24) is 9.88 Å². The number of carbonyl (C=O) groups excluding carboxylic acids is 1. The molecule has 0 bridgehead atoms. The Bertz CT molecular complexity index is 1400. The molecule has 3 aromatic rings. The molecule has 0 fully saturated rings. The van der Waals surface area contributed by atoms with Crippen molar-refractivity contribution in [3.63, 3.8) is 0 Å². The van der Waals surface area contributed by atoms with E-state index in [1.165, 1.54) is 24.3 Å². The normalized spacial score (nSPS) is 19.2. The number of benzene rings is 2. The van der Waals surface area contributed by atoms with Gasteiger partial charge in [-0.3, -0.25) is 4.79 Å². The van der Waals surface area contributed by atoms with Gasteiger partial charge < -0.3 is 24.8 Å². The number of aliphatic carboxylic acids is 2. The number of fused-ring (bicyclic) bond motifs is 5. The van der Waals surface area contributed by atoms with Crippen LogP contribution in [0.1, 0.15) is 21.6 Å². The van der Waals surface area contributed by atoms with E-state index in [0.717, 1.165) is 16.5 Å². The van der Waals surface area contributed by atoms with E-state index in [2.05, 4.69) is 4.98 Å². The van der Waals surface area contributed by atoms with Crippen molar-refractivity contribution in [2.24, 2.45) is 0 Å². The first-order chi connectivity index (χ1) is 15.9. The second-order valence-corrected chi connectivity index (χ2v) is 7.96. The maximum Gasteiger partial charge on any atom is 0.340 e. The number of H-pyrrole nitrogens is 1. The zero-order valence-corrected chi connectivity index (χ0v) is 17.7. The monoisotopic (exact) mass is 444 g/mol. The van der Waals surface area contributed by atoms with Gasteiger partial charge in [-0.25, -0.2) is 9.59 Å². The standard InChI is InChI=1S/C25H20N2O6/c1-33-20-9-5-3-7-17(20)21(28)14-12-18(23(29)30)25(24(31)32)22-16(10-11-27(25)13-14)15-6-2-4-8-19(15)26-22/h2-9,12-13,26H,10-11H2,1H3,(H,29,30)(H,31,32). The topological polar surface area (TPSA) is 120 Å². The lowest BCUT2D eigenvalue weighted by atomic mass is 9.76. The number of allylic oxidation sites excluding steroid dienone is 2. The van der Waals surface area contributed by atoms with Crippen LogP contribution in [-0.4, -0.2) is 51.5 Å². The fourth-order valence-corrected chi connectivity index (χ4v) is 4.90. The summed E-state index contributed by atoms with van der Waals surface area (Å²) in [6.45, 7) is 0.231. The Hall–Kier alpha value is -4.33. The van der Waals surface area contributed by atoms with Crippen molar-refractivity contribution in [1.29, 1.82) is 0 Å². The summed E-state index contributed by atoms with van der Waals surface area (Å²) in [4.78, 5) is 43.2. The van der Waals surface area contributed by atoms with Crippen LogP contribution in [0.2, 0.25) is 0 Å². The molecule has 33 heavy (non-hydrogen) atoms. The Kier molecular flexibility index (Phi) is 4.59. The average Bonchev–Trinajstić information content (AvgIpc) is 3.21.